The quantitative estimate of drug-likeness (QED) is 0.236. The van der Waals surface area contributed by atoms with Crippen LogP contribution < -0.4 is 4.74 Å². The zero-order valence-electron chi connectivity index (χ0n) is 22.1. The predicted octanol–water partition coefficient (Wildman–Crippen LogP) is 8.33. The van der Waals surface area contributed by atoms with Crippen LogP contribution in [0.5, 0.6) is 11.5 Å². The number of nitriles is 1. The number of hydrogen-bond donors (Lipinski definition) is 0. The molecular weight excluding hydrogens is 492 g/mol. The van der Waals surface area contributed by atoms with Gasteiger partial charge in [-0.2, -0.15) is 5.26 Å². The molecule has 0 spiro atoms. The number of nitrogens with zero attached hydrogens (tertiary/aromatic N) is 4. The molecule has 0 saturated heterocycles. The Labute approximate surface area is 232 Å². The topological polar surface area (TPSA) is 71.7 Å². The molecule has 0 aliphatic carbocycles. The van der Waals surface area contributed by atoms with Gasteiger partial charge in [-0.3, -0.25) is 4.98 Å². The summed E-state index contributed by atoms with van der Waals surface area (Å²) >= 11 is 0. The van der Waals surface area contributed by atoms with Crippen molar-refractivity contribution in [2.24, 2.45) is 0 Å². The molecule has 5 nitrogen and oxygen atoms in total. The van der Waals surface area contributed by atoms with Crippen molar-refractivity contribution in [2.75, 3.05) is 0 Å². The number of pyridine rings is 1. The van der Waals surface area contributed by atoms with E-state index in [9.17, 15) is 5.26 Å². The van der Waals surface area contributed by atoms with Crippen molar-refractivity contribution in [3.8, 4) is 51.3 Å². The van der Waals surface area contributed by atoms with E-state index in [1.165, 1.54) is 0 Å². The molecule has 0 bridgehead atoms. The second-order valence-electron chi connectivity index (χ2n) is 10.5. The van der Waals surface area contributed by atoms with Crippen LogP contribution in [0.3, 0.4) is 0 Å². The minimum atomic E-state index is -0.268. The standard InChI is InChI=1S/C35H24N4O/c1-35(2)28-17-12-22(20-36)19-31(28)40-33-26(9-5-10-29(33)35)23-13-15-24(16-14-23)32-27-8-3-4-11-30(27)38-34(39-32)25-7-6-18-37-21-25/h3-19,21H,1-2H3. The number of benzene rings is 4. The first-order valence-corrected chi connectivity index (χ1v) is 13.2. The first-order valence-electron chi connectivity index (χ1n) is 13.2. The fourth-order valence-electron chi connectivity index (χ4n) is 5.54. The Morgan fingerprint density at radius 2 is 1.57 bits per heavy atom. The van der Waals surface area contributed by atoms with Crippen molar-refractivity contribution >= 4 is 10.9 Å². The Balaban J connectivity index is 1.33. The fraction of sp³-hybridized carbons (Fsp3) is 0.0857. The Hall–Kier alpha value is -5.34. The molecule has 5 heteroatoms. The molecule has 0 saturated carbocycles. The number of rotatable bonds is 3. The van der Waals surface area contributed by atoms with Gasteiger partial charge in [-0.05, 0) is 35.9 Å². The summed E-state index contributed by atoms with van der Waals surface area (Å²) in [7, 11) is 0. The number of aromatic nitrogens is 3. The first-order chi connectivity index (χ1) is 19.5. The Kier molecular flexibility index (Phi) is 5.43. The van der Waals surface area contributed by atoms with Crippen LogP contribution in [0.4, 0.5) is 0 Å². The number of hydrogen-bond acceptors (Lipinski definition) is 5. The lowest BCUT2D eigenvalue weighted by atomic mass is 9.74. The highest BCUT2D eigenvalue weighted by Gasteiger charge is 2.35. The molecule has 1 aliphatic rings. The summed E-state index contributed by atoms with van der Waals surface area (Å²) in [6.45, 7) is 4.40. The smallest absolute Gasteiger partial charge is 0.161 e. The summed E-state index contributed by atoms with van der Waals surface area (Å²) < 4.78 is 6.50. The van der Waals surface area contributed by atoms with Crippen molar-refractivity contribution in [2.45, 2.75) is 19.3 Å². The SMILES string of the molecule is CC1(C)c2ccc(C#N)cc2Oc2c(-c3ccc(-c4nc(-c5cccnc5)nc5ccccc45)cc3)cccc21. The van der Waals surface area contributed by atoms with Crippen molar-refractivity contribution in [3.05, 3.63) is 126 Å². The van der Waals surface area contributed by atoms with Crippen LogP contribution in [0.25, 0.3) is 44.7 Å². The van der Waals surface area contributed by atoms with Crippen LogP contribution in [-0.4, -0.2) is 15.0 Å². The molecule has 1 aliphatic heterocycles. The van der Waals surface area contributed by atoms with Gasteiger partial charge in [-0.1, -0.05) is 80.6 Å². The van der Waals surface area contributed by atoms with E-state index in [1.54, 1.807) is 12.4 Å². The highest BCUT2D eigenvalue weighted by Crippen LogP contribution is 2.51. The Bertz CT molecular complexity index is 1960. The third-order valence-corrected chi connectivity index (χ3v) is 7.68. The first kappa shape index (κ1) is 23.8. The molecule has 7 rings (SSSR count). The van der Waals surface area contributed by atoms with E-state index in [-0.39, 0.29) is 5.41 Å². The molecule has 0 fully saturated rings. The van der Waals surface area contributed by atoms with Crippen LogP contribution in [-0.2, 0) is 5.41 Å². The van der Waals surface area contributed by atoms with Crippen LogP contribution in [0.15, 0.2) is 109 Å². The monoisotopic (exact) mass is 516 g/mol. The van der Waals surface area contributed by atoms with Crippen LogP contribution in [0.1, 0.15) is 30.5 Å². The average molecular weight is 517 g/mol. The minimum absolute atomic E-state index is 0.268. The van der Waals surface area contributed by atoms with Crippen molar-refractivity contribution in [1.82, 2.24) is 15.0 Å². The predicted molar refractivity (Wildman–Crippen MR) is 157 cm³/mol. The van der Waals surface area contributed by atoms with Crippen molar-refractivity contribution in [3.63, 3.8) is 0 Å². The number of ether oxygens (including phenoxy) is 1. The van der Waals surface area contributed by atoms with Gasteiger partial charge < -0.3 is 4.74 Å². The van der Waals surface area contributed by atoms with Gasteiger partial charge in [-0.25, -0.2) is 9.97 Å². The van der Waals surface area contributed by atoms with E-state index >= 15 is 0 Å². The summed E-state index contributed by atoms with van der Waals surface area (Å²) in [6.07, 6.45) is 3.53. The lowest BCUT2D eigenvalue weighted by molar-refractivity contribution is 0.419. The van der Waals surface area contributed by atoms with Crippen molar-refractivity contribution < 1.29 is 4.74 Å². The Morgan fingerprint density at radius 1 is 0.750 bits per heavy atom. The summed E-state index contributed by atoms with van der Waals surface area (Å²) in [6, 6.07) is 34.6. The Morgan fingerprint density at radius 3 is 2.38 bits per heavy atom. The van der Waals surface area contributed by atoms with E-state index in [2.05, 4.69) is 73.4 Å². The lowest BCUT2D eigenvalue weighted by Crippen LogP contribution is -2.24. The summed E-state index contributed by atoms with van der Waals surface area (Å²) in [5.41, 5.74) is 8.21. The highest BCUT2D eigenvalue weighted by atomic mass is 16.5. The second-order valence-corrected chi connectivity index (χ2v) is 10.5. The van der Waals surface area contributed by atoms with Crippen molar-refractivity contribution in [1.29, 1.82) is 5.26 Å². The van der Waals surface area contributed by atoms with Gasteiger partial charge in [0, 0.05) is 51.0 Å². The molecule has 6 aromatic rings. The average Bonchev–Trinajstić information content (AvgIpc) is 3.00. The molecular formula is C35H24N4O. The van der Waals surface area contributed by atoms with Crippen LogP contribution in [0.2, 0.25) is 0 Å². The maximum atomic E-state index is 9.45. The molecule has 40 heavy (non-hydrogen) atoms. The van der Waals surface area contributed by atoms with Crippen LogP contribution in [0, 0.1) is 11.3 Å². The van der Waals surface area contributed by atoms with Gasteiger partial charge in [0.05, 0.1) is 22.8 Å². The molecule has 0 radical (unpaired) electrons. The molecule has 2 aromatic heterocycles. The van der Waals surface area contributed by atoms with E-state index in [0.717, 1.165) is 61.5 Å². The molecule has 0 unspecified atom stereocenters. The molecule has 190 valence electrons. The molecule has 3 heterocycles. The van der Waals surface area contributed by atoms with Crippen LogP contribution >= 0.6 is 0 Å². The third-order valence-electron chi connectivity index (χ3n) is 7.68. The summed E-state index contributed by atoms with van der Waals surface area (Å²) in [5, 5.41) is 10.4. The van der Waals surface area contributed by atoms with Gasteiger partial charge in [0.15, 0.2) is 5.82 Å². The zero-order chi connectivity index (χ0) is 27.3. The minimum Gasteiger partial charge on any atom is -0.456 e. The van der Waals surface area contributed by atoms with Gasteiger partial charge in [0.1, 0.15) is 11.5 Å². The second kappa shape index (κ2) is 9.14. The molecule has 0 N–H and O–H groups in total. The van der Waals surface area contributed by atoms with E-state index in [4.69, 9.17) is 14.7 Å². The molecule has 0 amide bonds. The number of fused-ring (bicyclic) bond motifs is 3. The fourth-order valence-corrected chi connectivity index (χ4v) is 5.54. The van der Waals surface area contributed by atoms with E-state index in [0.29, 0.717) is 11.4 Å². The summed E-state index contributed by atoms with van der Waals surface area (Å²) in [4.78, 5) is 14.0. The molecule has 0 atom stereocenters. The zero-order valence-corrected chi connectivity index (χ0v) is 22.1. The largest absolute Gasteiger partial charge is 0.456 e. The van der Waals surface area contributed by atoms with Gasteiger partial charge in [0.2, 0.25) is 0 Å². The normalized spacial score (nSPS) is 13.1. The maximum Gasteiger partial charge on any atom is 0.161 e. The number of para-hydroxylation sites is 2. The third kappa shape index (κ3) is 3.81. The van der Waals surface area contributed by atoms with E-state index < -0.39 is 0 Å². The summed E-state index contributed by atoms with van der Waals surface area (Å²) in [5.74, 6) is 2.21. The van der Waals surface area contributed by atoms with Gasteiger partial charge in [0.25, 0.3) is 0 Å². The van der Waals surface area contributed by atoms with E-state index in [1.807, 2.05) is 48.5 Å². The van der Waals surface area contributed by atoms with Gasteiger partial charge in [-0.15, -0.1) is 0 Å². The molecule has 4 aromatic carbocycles. The highest BCUT2D eigenvalue weighted by molar-refractivity contribution is 5.94. The maximum absolute atomic E-state index is 9.45. The lowest BCUT2D eigenvalue weighted by Gasteiger charge is -2.35. The van der Waals surface area contributed by atoms with Gasteiger partial charge >= 0.3 is 0 Å².